The normalized spacial score (nSPS) is 13.8. The van der Waals surface area contributed by atoms with Gasteiger partial charge in [0, 0.05) is 18.0 Å². The van der Waals surface area contributed by atoms with Gasteiger partial charge in [-0.2, -0.15) is 0 Å². The number of methoxy groups -OCH3 is 1. The van der Waals surface area contributed by atoms with Crippen LogP contribution in [0.2, 0.25) is 0 Å². The van der Waals surface area contributed by atoms with E-state index in [1.165, 1.54) is 28.6 Å². The first-order valence-electron chi connectivity index (χ1n) is 8.19. The molecule has 26 heavy (non-hydrogen) atoms. The van der Waals surface area contributed by atoms with Gasteiger partial charge in [0.1, 0.15) is 17.4 Å². The van der Waals surface area contributed by atoms with E-state index in [-0.39, 0.29) is 11.6 Å². The molecule has 4 rings (SSSR count). The summed E-state index contributed by atoms with van der Waals surface area (Å²) in [5, 5.41) is 0.947. The van der Waals surface area contributed by atoms with E-state index in [4.69, 9.17) is 4.74 Å². The maximum Gasteiger partial charge on any atom is 0.240 e. The zero-order valence-corrected chi connectivity index (χ0v) is 15.0. The van der Waals surface area contributed by atoms with Crippen LogP contribution in [0.4, 0.5) is 10.2 Å². The van der Waals surface area contributed by atoms with Crippen molar-refractivity contribution >= 4 is 26.7 Å². The topological polar surface area (TPSA) is 59.5 Å². The summed E-state index contributed by atoms with van der Waals surface area (Å²) in [6.07, 6.45) is 0.618. The number of anilines is 1. The van der Waals surface area contributed by atoms with E-state index in [1.54, 1.807) is 13.2 Å². The molecule has 1 aromatic heterocycles. The fourth-order valence-corrected chi connectivity index (χ4v) is 4.74. The van der Waals surface area contributed by atoms with Gasteiger partial charge >= 0.3 is 0 Å². The van der Waals surface area contributed by atoms with Gasteiger partial charge in [-0.1, -0.05) is 12.1 Å². The van der Waals surface area contributed by atoms with Crippen LogP contribution in [0.25, 0.3) is 10.9 Å². The molecule has 7 heteroatoms. The lowest BCUT2D eigenvalue weighted by Crippen LogP contribution is -2.30. The third-order valence-electron chi connectivity index (χ3n) is 4.50. The molecule has 2 heterocycles. The van der Waals surface area contributed by atoms with Crippen LogP contribution in [-0.2, 0) is 22.2 Å². The van der Waals surface area contributed by atoms with Crippen molar-refractivity contribution in [1.82, 2.24) is 4.98 Å². The van der Waals surface area contributed by atoms with E-state index >= 15 is 0 Å². The van der Waals surface area contributed by atoms with Crippen molar-refractivity contribution in [1.29, 1.82) is 0 Å². The minimum absolute atomic E-state index is 0.190. The average molecular weight is 372 g/mol. The highest BCUT2D eigenvalue weighted by Crippen LogP contribution is 2.33. The molecular weight excluding hydrogens is 355 g/mol. The number of rotatable bonds is 4. The Balaban J connectivity index is 1.71. The molecular formula is C19H17FN2O3S. The highest BCUT2D eigenvalue weighted by molar-refractivity contribution is 7.92. The summed E-state index contributed by atoms with van der Waals surface area (Å²) in [5.41, 5.74) is 2.14. The number of nitrogens with zero attached hydrogens (tertiary/aromatic N) is 2. The Morgan fingerprint density at radius 1 is 1.15 bits per heavy atom. The minimum atomic E-state index is -3.61. The molecule has 0 aliphatic carbocycles. The van der Waals surface area contributed by atoms with Crippen molar-refractivity contribution in [3.8, 4) is 5.75 Å². The zero-order valence-electron chi connectivity index (χ0n) is 14.1. The Bertz CT molecular complexity index is 1080. The van der Waals surface area contributed by atoms with Crippen LogP contribution < -0.4 is 9.04 Å². The summed E-state index contributed by atoms with van der Waals surface area (Å²) in [6, 6.07) is 13.0. The van der Waals surface area contributed by atoms with E-state index in [9.17, 15) is 12.8 Å². The summed E-state index contributed by atoms with van der Waals surface area (Å²) in [5.74, 6) is 0.557. The van der Waals surface area contributed by atoms with Crippen molar-refractivity contribution in [2.45, 2.75) is 12.2 Å². The average Bonchev–Trinajstić information content (AvgIpc) is 3.04. The van der Waals surface area contributed by atoms with Gasteiger partial charge in [-0.25, -0.2) is 17.8 Å². The molecule has 134 valence electrons. The standard InChI is InChI=1S/C19H17FN2O3S/c1-25-17-7-4-14-10-15-8-9-22(19(15)21-18(14)11-17)26(23,24)12-13-2-5-16(20)6-3-13/h2-7,10-11H,8-9,12H2,1H3. The van der Waals surface area contributed by atoms with E-state index in [2.05, 4.69) is 4.98 Å². The lowest BCUT2D eigenvalue weighted by atomic mass is 10.1. The number of ether oxygens (including phenoxy) is 1. The molecule has 3 aromatic rings. The first-order valence-corrected chi connectivity index (χ1v) is 9.80. The Hall–Kier alpha value is -2.67. The molecule has 2 aromatic carbocycles. The van der Waals surface area contributed by atoms with Crippen LogP contribution in [0.1, 0.15) is 11.1 Å². The molecule has 1 aliphatic heterocycles. The van der Waals surface area contributed by atoms with Crippen molar-refractivity contribution < 1.29 is 17.5 Å². The lowest BCUT2D eigenvalue weighted by molar-refractivity contribution is 0.415. The largest absolute Gasteiger partial charge is 0.497 e. The van der Waals surface area contributed by atoms with Gasteiger partial charge < -0.3 is 4.74 Å². The number of pyridine rings is 1. The van der Waals surface area contributed by atoms with E-state index in [0.29, 0.717) is 35.6 Å². The molecule has 0 atom stereocenters. The summed E-state index contributed by atoms with van der Waals surface area (Å²) >= 11 is 0. The quantitative estimate of drug-likeness (QED) is 0.705. The molecule has 0 unspecified atom stereocenters. The number of hydrogen-bond donors (Lipinski definition) is 0. The zero-order chi connectivity index (χ0) is 18.3. The number of aromatic nitrogens is 1. The predicted octanol–water partition coefficient (Wildman–Crippen LogP) is 3.28. The SMILES string of the molecule is COc1ccc2cc3c(nc2c1)N(S(=O)(=O)Cc1ccc(F)cc1)CC3. The summed E-state index contributed by atoms with van der Waals surface area (Å²) in [4.78, 5) is 4.57. The van der Waals surface area contributed by atoms with Gasteiger partial charge in [-0.3, -0.25) is 4.31 Å². The third kappa shape index (κ3) is 2.99. The molecule has 0 amide bonds. The second-order valence-corrected chi connectivity index (χ2v) is 8.13. The number of hydrogen-bond acceptors (Lipinski definition) is 4. The molecule has 0 bridgehead atoms. The number of benzene rings is 2. The van der Waals surface area contributed by atoms with Gasteiger partial charge in [0.15, 0.2) is 0 Å². The second kappa shape index (κ2) is 6.25. The van der Waals surface area contributed by atoms with Gasteiger partial charge in [0.25, 0.3) is 0 Å². The molecule has 5 nitrogen and oxygen atoms in total. The Labute approximate surface area is 151 Å². The van der Waals surface area contributed by atoms with Crippen molar-refractivity contribution in [2.24, 2.45) is 0 Å². The lowest BCUT2D eigenvalue weighted by Gasteiger charge is -2.19. The predicted molar refractivity (Wildman–Crippen MR) is 98.4 cm³/mol. The molecule has 0 spiro atoms. The monoisotopic (exact) mass is 372 g/mol. The van der Waals surface area contributed by atoms with Crippen LogP contribution in [-0.4, -0.2) is 27.1 Å². The van der Waals surface area contributed by atoms with Gasteiger partial charge in [-0.05, 0) is 47.9 Å². The number of fused-ring (bicyclic) bond motifs is 2. The maximum atomic E-state index is 13.0. The first kappa shape index (κ1) is 16.8. The Morgan fingerprint density at radius 3 is 2.65 bits per heavy atom. The van der Waals surface area contributed by atoms with Crippen LogP contribution in [0.15, 0.2) is 48.5 Å². The number of sulfonamides is 1. The first-order chi connectivity index (χ1) is 12.5. The number of halogens is 1. The van der Waals surface area contributed by atoms with Gasteiger partial charge in [0.05, 0.1) is 18.4 Å². The van der Waals surface area contributed by atoms with Crippen molar-refractivity contribution in [3.63, 3.8) is 0 Å². The smallest absolute Gasteiger partial charge is 0.240 e. The highest BCUT2D eigenvalue weighted by atomic mass is 32.2. The molecule has 0 fully saturated rings. The van der Waals surface area contributed by atoms with Crippen LogP contribution in [0, 0.1) is 5.82 Å². The molecule has 0 saturated carbocycles. The molecule has 0 radical (unpaired) electrons. The Kier molecular flexibility index (Phi) is 4.03. The fraction of sp³-hybridized carbons (Fsp3) is 0.211. The molecule has 1 aliphatic rings. The van der Waals surface area contributed by atoms with Crippen LogP contribution in [0.5, 0.6) is 5.75 Å². The molecule has 0 N–H and O–H groups in total. The van der Waals surface area contributed by atoms with Gasteiger partial charge in [-0.15, -0.1) is 0 Å². The second-order valence-electron chi connectivity index (χ2n) is 6.23. The van der Waals surface area contributed by atoms with Crippen LogP contribution in [0.3, 0.4) is 0 Å². The third-order valence-corrected chi connectivity index (χ3v) is 6.22. The van der Waals surface area contributed by atoms with Crippen molar-refractivity contribution in [3.05, 3.63) is 65.5 Å². The summed E-state index contributed by atoms with van der Waals surface area (Å²) in [7, 11) is -2.03. The highest BCUT2D eigenvalue weighted by Gasteiger charge is 2.31. The van der Waals surface area contributed by atoms with E-state index in [0.717, 1.165) is 10.9 Å². The minimum Gasteiger partial charge on any atom is -0.497 e. The summed E-state index contributed by atoms with van der Waals surface area (Å²) < 4.78 is 45.4. The van der Waals surface area contributed by atoms with Crippen LogP contribution >= 0.6 is 0 Å². The Morgan fingerprint density at radius 2 is 1.92 bits per heavy atom. The van der Waals surface area contributed by atoms with Gasteiger partial charge in [0.2, 0.25) is 10.0 Å². The summed E-state index contributed by atoms with van der Waals surface area (Å²) in [6.45, 7) is 0.360. The van der Waals surface area contributed by atoms with Crippen molar-refractivity contribution in [2.75, 3.05) is 18.0 Å². The maximum absolute atomic E-state index is 13.0. The fourth-order valence-electron chi connectivity index (χ4n) is 3.18. The van der Waals surface area contributed by atoms with E-state index in [1.807, 2.05) is 18.2 Å². The molecule has 0 saturated heterocycles. The van der Waals surface area contributed by atoms with E-state index < -0.39 is 10.0 Å².